The lowest BCUT2D eigenvalue weighted by atomic mass is 10.0. The highest BCUT2D eigenvalue weighted by Crippen LogP contribution is 2.61. The summed E-state index contributed by atoms with van der Waals surface area (Å²) in [5.41, 5.74) is 1.48. The van der Waals surface area contributed by atoms with Crippen molar-refractivity contribution >= 4 is 0 Å². The second-order valence-electron chi connectivity index (χ2n) is 4.48. The second kappa shape index (κ2) is 1.93. The number of imidazole rings is 1. The van der Waals surface area contributed by atoms with E-state index in [9.17, 15) is 0 Å². The highest BCUT2D eigenvalue weighted by Gasteiger charge is 2.57. The molecule has 0 bridgehead atoms. The molecular weight excluding hydrogens is 148 g/mol. The molecule has 0 radical (unpaired) electrons. The molecule has 1 aromatic heterocycles. The van der Waals surface area contributed by atoms with Crippen LogP contribution in [0.25, 0.3) is 0 Å². The summed E-state index contributed by atoms with van der Waals surface area (Å²) in [6.45, 7) is 5.90. The van der Waals surface area contributed by atoms with Crippen LogP contribution in [-0.2, 0) is 6.54 Å². The van der Waals surface area contributed by atoms with E-state index in [1.54, 1.807) is 0 Å². The van der Waals surface area contributed by atoms with Crippen molar-refractivity contribution in [1.82, 2.24) is 9.55 Å². The SMILES string of the molecule is CC(C)C1C2Cn3cncc3C21. The molecule has 2 heteroatoms. The van der Waals surface area contributed by atoms with Crippen molar-refractivity contribution in [2.24, 2.45) is 17.8 Å². The quantitative estimate of drug-likeness (QED) is 0.616. The maximum Gasteiger partial charge on any atom is 0.0948 e. The molecule has 3 atom stereocenters. The third kappa shape index (κ3) is 0.637. The van der Waals surface area contributed by atoms with Gasteiger partial charge in [-0.3, -0.25) is 0 Å². The third-order valence-corrected chi connectivity index (χ3v) is 3.49. The van der Waals surface area contributed by atoms with Gasteiger partial charge in [-0.1, -0.05) is 13.8 Å². The summed E-state index contributed by atoms with van der Waals surface area (Å²) in [4.78, 5) is 4.18. The summed E-state index contributed by atoms with van der Waals surface area (Å²) in [6, 6.07) is 0. The molecule has 64 valence electrons. The second-order valence-corrected chi connectivity index (χ2v) is 4.48. The maximum atomic E-state index is 4.18. The summed E-state index contributed by atoms with van der Waals surface area (Å²) >= 11 is 0. The van der Waals surface area contributed by atoms with Crippen LogP contribution in [0.15, 0.2) is 12.5 Å². The zero-order chi connectivity index (χ0) is 8.29. The van der Waals surface area contributed by atoms with Crippen LogP contribution in [0.4, 0.5) is 0 Å². The molecule has 0 amide bonds. The Bertz CT molecular complexity index is 313. The lowest BCUT2D eigenvalue weighted by molar-refractivity contribution is 0.468. The van der Waals surface area contributed by atoms with Gasteiger partial charge in [-0.15, -0.1) is 0 Å². The highest BCUT2D eigenvalue weighted by molar-refractivity contribution is 5.26. The van der Waals surface area contributed by atoms with E-state index in [4.69, 9.17) is 0 Å². The van der Waals surface area contributed by atoms with E-state index in [0.29, 0.717) is 0 Å². The van der Waals surface area contributed by atoms with Crippen molar-refractivity contribution in [3.05, 3.63) is 18.2 Å². The number of fused-ring (bicyclic) bond motifs is 3. The molecule has 1 aromatic rings. The molecule has 0 aromatic carbocycles. The first-order valence-electron chi connectivity index (χ1n) is 4.79. The zero-order valence-electron chi connectivity index (χ0n) is 7.57. The minimum Gasteiger partial charge on any atom is -0.334 e. The first kappa shape index (κ1) is 6.70. The fourth-order valence-electron chi connectivity index (χ4n) is 2.95. The van der Waals surface area contributed by atoms with E-state index in [1.807, 2.05) is 12.5 Å². The average molecular weight is 162 g/mol. The van der Waals surface area contributed by atoms with Crippen molar-refractivity contribution in [3.8, 4) is 0 Å². The average Bonchev–Trinajstić information content (AvgIpc) is 2.40. The van der Waals surface area contributed by atoms with Crippen LogP contribution in [0.2, 0.25) is 0 Å². The van der Waals surface area contributed by atoms with Crippen LogP contribution in [-0.4, -0.2) is 9.55 Å². The van der Waals surface area contributed by atoms with Crippen molar-refractivity contribution in [1.29, 1.82) is 0 Å². The molecule has 2 nitrogen and oxygen atoms in total. The summed E-state index contributed by atoms with van der Waals surface area (Å²) in [7, 11) is 0. The largest absolute Gasteiger partial charge is 0.334 e. The van der Waals surface area contributed by atoms with Crippen LogP contribution in [0, 0.1) is 17.8 Å². The van der Waals surface area contributed by atoms with Gasteiger partial charge in [0.05, 0.1) is 6.33 Å². The normalized spacial score (nSPS) is 36.8. The van der Waals surface area contributed by atoms with Crippen molar-refractivity contribution in [2.75, 3.05) is 0 Å². The third-order valence-electron chi connectivity index (χ3n) is 3.49. The maximum absolute atomic E-state index is 4.18. The molecule has 1 aliphatic carbocycles. The Hall–Kier alpha value is -0.790. The van der Waals surface area contributed by atoms with Gasteiger partial charge in [0, 0.05) is 24.4 Å². The predicted octanol–water partition coefficient (Wildman–Crippen LogP) is 1.88. The summed E-state index contributed by atoms with van der Waals surface area (Å²) < 4.78 is 2.31. The molecule has 1 saturated carbocycles. The standard InChI is InChI=1S/C10H14N2/c1-6(2)9-7-4-12-5-11-3-8(12)10(7)9/h3,5-7,9-10H,4H2,1-2H3. The van der Waals surface area contributed by atoms with E-state index in [0.717, 1.165) is 23.7 Å². The highest BCUT2D eigenvalue weighted by atomic mass is 15.1. The fourth-order valence-corrected chi connectivity index (χ4v) is 2.95. The van der Waals surface area contributed by atoms with Gasteiger partial charge < -0.3 is 4.57 Å². The molecule has 3 rings (SSSR count). The number of aromatic nitrogens is 2. The van der Waals surface area contributed by atoms with E-state index < -0.39 is 0 Å². The summed E-state index contributed by atoms with van der Waals surface area (Å²) in [5.74, 6) is 3.60. The van der Waals surface area contributed by atoms with Crippen molar-refractivity contribution in [2.45, 2.75) is 26.3 Å². The van der Waals surface area contributed by atoms with Crippen LogP contribution in [0.1, 0.15) is 25.5 Å². The lowest BCUT2D eigenvalue weighted by Crippen LogP contribution is -2.04. The zero-order valence-corrected chi connectivity index (χ0v) is 7.57. The number of rotatable bonds is 1. The van der Waals surface area contributed by atoms with Crippen molar-refractivity contribution < 1.29 is 0 Å². The van der Waals surface area contributed by atoms with Gasteiger partial charge in [-0.05, 0) is 17.8 Å². The van der Waals surface area contributed by atoms with Crippen LogP contribution < -0.4 is 0 Å². The van der Waals surface area contributed by atoms with Crippen LogP contribution >= 0.6 is 0 Å². The van der Waals surface area contributed by atoms with Gasteiger partial charge >= 0.3 is 0 Å². The Morgan fingerprint density at radius 3 is 3.17 bits per heavy atom. The van der Waals surface area contributed by atoms with E-state index >= 15 is 0 Å². The molecule has 0 saturated heterocycles. The number of hydrogen-bond acceptors (Lipinski definition) is 1. The van der Waals surface area contributed by atoms with E-state index in [2.05, 4.69) is 23.4 Å². The topological polar surface area (TPSA) is 17.8 Å². The monoisotopic (exact) mass is 162 g/mol. The van der Waals surface area contributed by atoms with Crippen molar-refractivity contribution in [3.63, 3.8) is 0 Å². The van der Waals surface area contributed by atoms with Gasteiger partial charge in [0.2, 0.25) is 0 Å². The molecule has 0 N–H and O–H groups in total. The molecule has 0 spiro atoms. The van der Waals surface area contributed by atoms with E-state index in [1.165, 1.54) is 12.2 Å². The Morgan fingerprint density at radius 1 is 1.58 bits per heavy atom. The molecule has 3 unspecified atom stereocenters. The lowest BCUT2D eigenvalue weighted by Gasteiger charge is -2.08. The van der Waals surface area contributed by atoms with Crippen LogP contribution in [0.5, 0.6) is 0 Å². The van der Waals surface area contributed by atoms with Gasteiger partial charge in [-0.2, -0.15) is 0 Å². The summed E-state index contributed by atoms with van der Waals surface area (Å²) in [5, 5.41) is 0. The predicted molar refractivity (Wildman–Crippen MR) is 46.8 cm³/mol. The van der Waals surface area contributed by atoms with E-state index in [-0.39, 0.29) is 0 Å². The van der Waals surface area contributed by atoms with Gasteiger partial charge in [0.1, 0.15) is 0 Å². The fraction of sp³-hybridized carbons (Fsp3) is 0.700. The van der Waals surface area contributed by atoms with Gasteiger partial charge in [-0.25, -0.2) is 4.98 Å². The molecule has 2 aliphatic rings. The first-order chi connectivity index (χ1) is 5.79. The molecule has 1 aliphatic heterocycles. The number of hydrogen-bond donors (Lipinski definition) is 0. The minimum absolute atomic E-state index is 0.851. The molecular formula is C10H14N2. The first-order valence-corrected chi connectivity index (χ1v) is 4.79. The van der Waals surface area contributed by atoms with Gasteiger partial charge in [0.15, 0.2) is 0 Å². The Kier molecular flexibility index (Phi) is 1.07. The van der Waals surface area contributed by atoms with Crippen LogP contribution in [0.3, 0.4) is 0 Å². The Morgan fingerprint density at radius 2 is 2.42 bits per heavy atom. The Labute approximate surface area is 72.6 Å². The van der Waals surface area contributed by atoms with Gasteiger partial charge in [0.25, 0.3) is 0 Å². The summed E-state index contributed by atoms with van der Waals surface area (Å²) in [6.07, 6.45) is 4.02. The molecule has 2 heterocycles. The Balaban J connectivity index is 1.93. The number of nitrogens with zero attached hydrogens (tertiary/aromatic N) is 2. The smallest absolute Gasteiger partial charge is 0.0948 e. The minimum atomic E-state index is 0.851. The molecule has 1 fully saturated rings. The molecule has 12 heavy (non-hydrogen) atoms.